The second-order valence-corrected chi connectivity index (χ2v) is 4.33. The van der Waals surface area contributed by atoms with Gasteiger partial charge < -0.3 is 16.2 Å². The van der Waals surface area contributed by atoms with Crippen LogP contribution in [0.4, 0.5) is 0 Å². The van der Waals surface area contributed by atoms with Gasteiger partial charge in [0.25, 0.3) is 0 Å². The molecule has 14 heavy (non-hydrogen) atoms. The Balaban J connectivity index is 2.26. The summed E-state index contributed by atoms with van der Waals surface area (Å²) >= 11 is 0. The Hall–Kier alpha value is -0.120. The van der Waals surface area contributed by atoms with Gasteiger partial charge in [0.15, 0.2) is 0 Å². The Labute approximate surface area is 87.2 Å². The molecule has 3 nitrogen and oxygen atoms in total. The summed E-state index contributed by atoms with van der Waals surface area (Å²) in [5.41, 5.74) is 12.2. The van der Waals surface area contributed by atoms with Gasteiger partial charge in [0.05, 0.1) is 0 Å². The Kier molecular flexibility index (Phi) is 5.45. The lowest BCUT2D eigenvalue weighted by Crippen LogP contribution is -2.48. The predicted octanol–water partition coefficient (Wildman–Crippen LogP) is 1.26. The molecule has 0 radical (unpaired) electrons. The summed E-state index contributed by atoms with van der Waals surface area (Å²) in [7, 11) is 0. The largest absolute Gasteiger partial charge is 0.381 e. The van der Waals surface area contributed by atoms with Crippen LogP contribution in [-0.2, 0) is 4.74 Å². The SMILES string of the molecule is CCCCC(N)C(N)C1CCOCC1. The van der Waals surface area contributed by atoms with Crippen molar-refractivity contribution in [3.63, 3.8) is 0 Å². The highest BCUT2D eigenvalue weighted by molar-refractivity contribution is 4.84. The number of ether oxygens (including phenoxy) is 1. The Bertz CT molecular complexity index is 146. The van der Waals surface area contributed by atoms with Gasteiger partial charge in [0, 0.05) is 25.3 Å². The molecule has 4 N–H and O–H groups in total. The van der Waals surface area contributed by atoms with Crippen molar-refractivity contribution in [3.8, 4) is 0 Å². The van der Waals surface area contributed by atoms with E-state index in [9.17, 15) is 0 Å². The van der Waals surface area contributed by atoms with E-state index in [4.69, 9.17) is 16.2 Å². The second-order valence-electron chi connectivity index (χ2n) is 4.33. The lowest BCUT2D eigenvalue weighted by molar-refractivity contribution is 0.0551. The molecular formula is C11H24N2O. The van der Waals surface area contributed by atoms with Gasteiger partial charge in [-0.15, -0.1) is 0 Å². The molecule has 1 fully saturated rings. The molecule has 0 bridgehead atoms. The van der Waals surface area contributed by atoms with Crippen LogP contribution in [0.15, 0.2) is 0 Å². The van der Waals surface area contributed by atoms with Crippen molar-refractivity contribution in [2.75, 3.05) is 13.2 Å². The van der Waals surface area contributed by atoms with E-state index in [0.29, 0.717) is 5.92 Å². The van der Waals surface area contributed by atoms with Crippen LogP contribution in [0.25, 0.3) is 0 Å². The van der Waals surface area contributed by atoms with Crippen molar-refractivity contribution in [3.05, 3.63) is 0 Å². The van der Waals surface area contributed by atoms with Crippen molar-refractivity contribution in [2.24, 2.45) is 17.4 Å². The van der Waals surface area contributed by atoms with E-state index in [1.807, 2.05) is 0 Å². The van der Waals surface area contributed by atoms with Gasteiger partial charge in [0.1, 0.15) is 0 Å². The molecule has 1 saturated heterocycles. The average molecular weight is 200 g/mol. The fourth-order valence-corrected chi connectivity index (χ4v) is 2.08. The summed E-state index contributed by atoms with van der Waals surface area (Å²) in [6.45, 7) is 3.91. The molecule has 2 atom stereocenters. The van der Waals surface area contributed by atoms with Crippen LogP contribution in [0.5, 0.6) is 0 Å². The monoisotopic (exact) mass is 200 g/mol. The highest BCUT2D eigenvalue weighted by atomic mass is 16.5. The molecular weight excluding hydrogens is 176 g/mol. The van der Waals surface area contributed by atoms with E-state index >= 15 is 0 Å². The first-order valence-electron chi connectivity index (χ1n) is 5.84. The molecule has 0 aromatic rings. The van der Waals surface area contributed by atoms with Crippen molar-refractivity contribution < 1.29 is 4.74 Å². The minimum absolute atomic E-state index is 0.172. The smallest absolute Gasteiger partial charge is 0.0469 e. The maximum atomic E-state index is 6.15. The lowest BCUT2D eigenvalue weighted by atomic mass is 9.86. The standard InChI is InChI=1S/C11H24N2O/c1-2-3-4-10(12)11(13)9-5-7-14-8-6-9/h9-11H,2-8,12-13H2,1H3. The Morgan fingerprint density at radius 3 is 2.50 bits per heavy atom. The van der Waals surface area contributed by atoms with Crippen molar-refractivity contribution >= 4 is 0 Å². The van der Waals surface area contributed by atoms with Gasteiger partial charge in [0.2, 0.25) is 0 Å². The van der Waals surface area contributed by atoms with Crippen LogP contribution in [0.3, 0.4) is 0 Å². The van der Waals surface area contributed by atoms with Gasteiger partial charge in [-0.05, 0) is 25.2 Å². The number of rotatable bonds is 5. The van der Waals surface area contributed by atoms with Gasteiger partial charge >= 0.3 is 0 Å². The molecule has 1 rings (SSSR count). The molecule has 0 amide bonds. The first-order chi connectivity index (χ1) is 6.75. The zero-order valence-corrected chi connectivity index (χ0v) is 9.24. The highest BCUT2D eigenvalue weighted by Crippen LogP contribution is 2.20. The number of unbranched alkanes of at least 4 members (excludes halogenated alkanes) is 1. The molecule has 0 aromatic carbocycles. The summed E-state index contributed by atoms with van der Waals surface area (Å²) in [4.78, 5) is 0. The van der Waals surface area contributed by atoms with E-state index in [1.165, 1.54) is 12.8 Å². The van der Waals surface area contributed by atoms with Gasteiger partial charge in [-0.25, -0.2) is 0 Å². The minimum atomic E-state index is 0.172. The maximum absolute atomic E-state index is 6.15. The zero-order chi connectivity index (χ0) is 10.4. The van der Waals surface area contributed by atoms with Crippen LogP contribution in [0.2, 0.25) is 0 Å². The fourth-order valence-electron chi connectivity index (χ4n) is 2.08. The van der Waals surface area contributed by atoms with Crippen molar-refractivity contribution in [1.82, 2.24) is 0 Å². The molecule has 3 heteroatoms. The minimum Gasteiger partial charge on any atom is -0.381 e. The molecule has 0 aromatic heterocycles. The lowest BCUT2D eigenvalue weighted by Gasteiger charge is -2.31. The second kappa shape index (κ2) is 6.38. The van der Waals surface area contributed by atoms with Gasteiger partial charge in [-0.3, -0.25) is 0 Å². The topological polar surface area (TPSA) is 61.3 Å². The molecule has 1 heterocycles. The summed E-state index contributed by atoms with van der Waals surface area (Å²) < 4.78 is 5.31. The van der Waals surface area contributed by atoms with Crippen molar-refractivity contribution in [1.29, 1.82) is 0 Å². The summed E-state index contributed by atoms with van der Waals surface area (Å²) in [5.74, 6) is 0.579. The molecule has 1 aliphatic heterocycles. The van der Waals surface area contributed by atoms with E-state index in [0.717, 1.165) is 32.5 Å². The number of hydrogen-bond acceptors (Lipinski definition) is 3. The van der Waals surface area contributed by atoms with Crippen molar-refractivity contribution in [2.45, 2.75) is 51.1 Å². The quantitative estimate of drug-likeness (QED) is 0.702. The third kappa shape index (κ3) is 3.56. The third-order valence-electron chi connectivity index (χ3n) is 3.20. The van der Waals surface area contributed by atoms with Gasteiger partial charge in [-0.1, -0.05) is 19.8 Å². The Morgan fingerprint density at radius 1 is 1.29 bits per heavy atom. The maximum Gasteiger partial charge on any atom is 0.0469 e. The van der Waals surface area contributed by atoms with Crippen LogP contribution in [0.1, 0.15) is 39.0 Å². The van der Waals surface area contributed by atoms with E-state index in [1.54, 1.807) is 0 Å². The Morgan fingerprint density at radius 2 is 1.93 bits per heavy atom. The molecule has 1 aliphatic rings. The number of hydrogen-bond donors (Lipinski definition) is 2. The molecule has 2 unspecified atom stereocenters. The molecule has 0 aliphatic carbocycles. The fraction of sp³-hybridized carbons (Fsp3) is 1.00. The van der Waals surface area contributed by atoms with E-state index in [-0.39, 0.29) is 12.1 Å². The first-order valence-corrected chi connectivity index (χ1v) is 5.84. The predicted molar refractivity (Wildman–Crippen MR) is 59.0 cm³/mol. The van der Waals surface area contributed by atoms with E-state index in [2.05, 4.69) is 6.92 Å². The third-order valence-corrected chi connectivity index (χ3v) is 3.20. The van der Waals surface area contributed by atoms with Crippen LogP contribution in [-0.4, -0.2) is 25.3 Å². The van der Waals surface area contributed by atoms with Gasteiger partial charge in [-0.2, -0.15) is 0 Å². The number of nitrogens with two attached hydrogens (primary N) is 2. The summed E-state index contributed by atoms with van der Waals surface area (Å²) in [5, 5.41) is 0. The van der Waals surface area contributed by atoms with Crippen LogP contribution < -0.4 is 11.5 Å². The highest BCUT2D eigenvalue weighted by Gasteiger charge is 2.25. The van der Waals surface area contributed by atoms with E-state index < -0.39 is 0 Å². The summed E-state index contributed by atoms with van der Waals surface area (Å²) in [6, 6.07) is 0.350. The van der Waals surface area contributed by atoms with Crippen LogP contribution in [0, 0.1) is 5.92 Å². The zero-order valence-electron chi connectivity index (χ0n) is 9.24. The first kappa shape index (κ1) is 12.0. The molecule has 84 valence electrons. The van der Waals surface area contributed by atoms with Crippen LogP contribution >= 0.6 is 0 Å². The molecule has 0 spiro atoms. The molecule has 0 saturated carbocycles. The normalized spacial score (nSPS) is 23.4. The summed E-state index contributed by atoms with van der Waals surface area (Å²) in [6.07, 6.45) is 5.63. The average Bonchev–Trinajstić information content (AvgIpc) is 2.26.